The van der Waals surface area contributed by atoms with E-state index in [9.17, 15) is 4.79 Å². The van der Waals surface area contributed by atoms with Crippen LogP contribution in [0.2, 0.25) is 0 Å². The molecule has 0 bridgehead atoms. The number of halogens is 1. The number of amides is 1. The number of hydrogen-bond donors (Lipinski definition) is 2. The number of carbonyl (C=O) groups is 1. The predicted octanol–water partition coefficient (Wildman–Crippen LogP) is 2.33. The standard InChI is InChI=1S/C12H13BrN4O/c1-7-10(14)11(17(2)16-7)15-12(18)8-3-5-9(13)6-4-8/h3-6H,14H2,1-2H3,(H,15,18). The van der Waals surface area contributed by atoms with E-state index in [0.717, 1.165) is 4.47 Å². The van der Waals surface area contributed by atoms with Crippen molar-refractivity contribution >= 4 is 33.3 Å². The minimum Gasteiger partial charge on any atom is -0.394 e. The van der Waals surface area contributed by atoms with Crippen molar-refractivity contribution in [2.75, 3.05) is 11.1 Å². The fraction of sp³-hybridized carbons (Fsp3) is 0.167. The highest BCUT2D eigenvalue weighted by Gasteiger charge is 2.13. The highest BCUT2D eigenvalue weighted by atomic mass is 79.9. The highest BCUT2D eigenvalue weighted by molar-refractivity contribution is 9.10. The summed E-state index contributed by atoms with van der Waals surface area (Å²) in [5, 5.41) is 6.90. The molecule has 6 heteroatoms. The monoisotopic (exact) mass is 308 g/mol. The van der Waals surface area contributed by atoms with E-state index in [1.54, 1.807) is 30.8 Å². The van der Waals surface area contributed by atoms with Gasteiger partial charge in [-0.2, -0.15) is 5.10 Å². The second-order valence-electron chi connectivity index (χ2n) is 3.93. The molecule has 18 heavy (non-hydrogen) atoms. The van der Waals surface area contributed by atoms with Gasteiger partial charge in [0.2, 0.25) is 0 Å². The van der Waals surface area contributed by atoms with E-state index in [-0.39, 0.29) is 5.91 Å². The van der Waals surface area contributed by atoms with Gasteiger partial charge < -0.3 is 11.1 Å². The van der Waals surface area contributed by atoms with Gasteiger partial charge in [-0.15, -0.1) is 0 Å². The van der Waals surface area contributed by atoms with Crippen molar-refractivity contribution < 1.29 is 4.79 Å². The van der Waals surface area contributed by atoms with E-state index in [1.165, 1.54) is 0 Å². The lowest BCUT2D eigenvalue weighted by Gasteiger charge is -2.06. The van der Waals surface area contributed by atoms with Crippen LogP contribution in [0.1, 0.15) is 16.1 Å². The molecule has 0 saturated heterocycles. The molecule has 0 unspecified atom stereocenters. The van der Waals surface area contributed by atoms with E-state index in [0.29, 0.717) is 22.8 Å². The normalized spacial score (nSPS) is 10.4. The van der Waals surface area contributed by atoms with Crippen molar-refractivity contribution in [1.29, 1.82) is 0 Å². The summed E-state index contributed by atoms with van der Waals surface area (Å²) in [7, 11) is 1.74. The second-order valence-corrected chi connectivity index (χ2v) is 4.85. The average Bonchev–Trinajstić information content (AvgIpc) is 2.57. The first-order valence-electron chi connectivity index (χ1n) is 5.35. The summed E-state index contributed by atoms with van der Waals surface area (Å²) in [6.45, 7) is 1.80. The fourth-order valence-electron chi connectivity index (χ4n) is 1.60. The van der Waals surface area contributed by atoms with Gasteiger partial charge in [0.15, 0.2) is 5.82 Å². The van der Waals surface area contributed by atoms with Gasteiger partial charge in [-0.1, -0.05) is 15.9 Å². The van der Waals surface area contributed by atoms with Crippen LogP contribution in [0.15, 0.2) is 28.7 Å². The van der Waals surface area contributed by atoms with E-state index >= 15 is 0 Å². The number of anilines is 2. The van der Waals surface area contributed by atoms with Crippen LogP contribution in [0.25, 0.3) is 0 Å². The molecule has 0 atom stereocenters. The Kier molecular flexibility index (Phi) is 3.38. The van der Waals surface area contributed by atoms with Gasteiger partial charge in [-0.05, 0) is 31.2 Å². The lowest BCUT2D eigenvalue weighted by Crippen LogP contribution is -2.15. The molecule has 0 radical (unpaired) electrons. The minimum atomic E-state index is -0.211. The molecule has 0 fully saturated rings. The first kappa shape index (κ1) is 12.6. The molecule has 1 aromatic heterocycles. The van der Waals surface area contributed by atoms with Crippen molar-refractivity contribution in [3.8, 4) is 0 Å². The van der Waals surface area contributed by atoms with Gasteiger partial charge in [0.1, 0.15) is 0 Å². The average molecular weight is 309 g/mol. The largest absolute Gasteiger partial charge is 0.394 e. The van der Waals surface area contributed by atoms with Crippen LogP contribution >= 0.6 is 15.9 Å². The van der Waals surface area contributed by atoms with Gasteiger partial charge in [0.25, 0.3) is 5.91 Å². The number of aromatic nitrogens is 2. The summed E-state index contributed by atoms with van der Waals surface area (Å²) in [5.41, 5.74) is 7.60. The lowest BCUT2D eigenvalue weighted by atomic mass is 10.2. The molecule has 0 aliphatic rings. The Morgan fingerprint density at radius 2 is 2.00 bits per heavy atom. The summed E-state index contributed by atoms with van der Waals surface area (Å²) < 4.78 is 2.48. The van der Waals surface area contributed by atoms with Gasteiger partial charge in [0.05, 0.1) is 11.4 Å². The van der Waals surface area contributed by atoms with Crippen molar-refractivity contribution in [2.45, 2.75) is 6.92 Å². The Labute approximate surface area is 113 Å². The Balaban J connectivity index is 2.24. The highest BCUT2D eigenvalue weighted by Crippen LogP contribution is 2.21. The lowest BCUT2D eigenvalue weighted by molar-refractivity contribution is 0.102. The summed E-state index contributed by atoms with van der Waals surface area (Å²) in [5.74, 6) is 0.303. The third kappa shape index (κ3) is 2.38. The third-order valence-corrected chi connectivity index (χ3v) is 3.14. The van der Waals surface area contributed by atoms with Crippen molar-refractivity contribution in [2.24, 2.45) is 7.05 Å². The zero-order valence-electron chi connectivity index (χ0n) is 10.1. The number of benzene rings is 1. The molecule has 0 spiro atoms. The zero-order valence-corrected chi connectivity index (χ0v) is 11.7. The second kappa shape index (κ2) is 4.81. The van der Waals surface area contributed by atoms with Crippen molar-refractivity contribution in [1.82, 2.24) is 9.78 Å². The predicted molar refractivity (Wildman–Crippen MR) is 74.5 cm³/mol. The molecular formula is C12H13BrN4O. The van der Waals surface area contributed by atoms with E-state index in [1.807, 2.05) is 12.1 Å². The molecule has 2 rings (SSSR count). The maximum Gasteiger partial charge on any atom is 0.256 e. The number of nitrogens with zero attached hydrogens (tertiary/aromatic N) is 2. The molecule has 1 aromatic carbocycles. The fourth-order valence-corrected chi connectivity index (χ4v) is 1.87. The van der Waals surface area contributed by atoms with E-state index < -0.39 is 0 Å². The maximum absolute atomic E-state index is 12.0. The topological polar surface area (TPSA) is 72.9 Å². The molecule has 0 aliphatic carbocycles. The molecule has 1 heterocycles. The summed E-state index contributed by atoms with van der Waals surface area (Å²) in [6.07, 6.45) is 0. The van der Waals surface area contributed by atoms with Gasteiger partial charge >= 0.3 is 0 Å². The van der Waals surface area contributed by atoms with Gasteiger partial charge in [-0.3, -0.25) is 9.48 Å². The Morgan fingerprint density at radius 3 is 2.50 bits per heavy atom. The van der Waals surface area contributed by atoms with Crippen LogP contribution in [-0.2, 0) is 7.05 Å². The molecule has 5 nitrogen and oxygen atoms in total. The first-order valence-corrected chi connectivity index (χ1v) is 6.14. The molecule has 0 saturated carbocycles. The molecule has 1 amide bonds. The maximum atomic E-state index is 12.0. The first-order chi connectivity index (χ1) is 8.49. The number of carbonyl (C=O) groups excluding carboxylic acids is 1. The van der Waals surface area contributed by atoms with Crippen LogP contribution in [0.4, 0.5) is 11.5 Å². The molecule has 0 aliphatic heterocycles. The summed E-state index contributed by atoms with van der Waals surface area (Å²) in [6, 6.07) is 7.09. The van der Waals surface area contributed by atoms with Crippen LogP contribution in [0, 0.1) is 6.92 Å². The quantitative estimate of drug-likeness (QED) is 0.894. The molecular weight excluding hydrogens is 296 g/mol. The van der Waals surface area contributed by atoms with E-state index in [4.69, 9.17) is 5.73 Å². The van der Waals surface area contributed by atoms with E-state index in [2.05, 4.69) is 26.3 Å². The summed E-state index contributed by atoms with van der Waals surface area (Å²) >= 11 is 3.32. The van der Waals surface area contributed by atoms with Gasteiger partial charge in [0, 0.05) is 17.1 Å². The van der Waals surface area contributed by atoms with Crippen LogP contribution in [0.3, 0.4) is 0 Å². The smallest absolute Gasteiger partial charge is 0.256 e. The SMILES string of the molecule is Cc1nn(C)c(NC(=O)c2ccc(Br)cc2)c1N. The molecule has 2 aromatic rings. The third-order valence-electron chi connectivity index (χ3n) is 2.61. The van der Waals surface area contributed by atoms with Gasteiger partial charge in [-0.25, -0.2) is 0 Å². The number of nitrogen functional groups attached to an aromatic ring is 1. The minimum absolute atomic E-state index is 0.211. The Morgan fingerprint density at radius 1 is 1.39 bits per heavy atom. The van der Waals surface area contributed by atoms with Crippen LogP contribution in [0.5, 0.6) is 0 Å². The summed E-state index contributed by atoms with van der Waals surface area (Å²) in [4.78, 5) is 12.0. The molecule has 3 N–H and O–H groups in total. The Hall–Kier alpha value is -1.82. The zero-order chi connectivity index (χ0) is 13.3. The number of rotatable bonds is 2. The number of aryl methyl sites for hydroxylation is 2. The Bertz CT molecular complexity index is 589. The van der Waals surface area contributed by atoms with Crippen molar-refractivity contribution in [3.05, 3.63) is 40.0 Å². The number of nitrogens with two attached hydrogens (primary N) is 1. The number of nitrogens with one attached hydrogen (secondary N) is 1. The molecule has 94 valence electrons. The van der Waals surface area contributed by atoms with Crippen LogP contribution in [-0.4, -0.2) is 15.7 Å². The van der Waals surface area contributed by atoms with Crippen molar-refractivity contribution in [3.63, 3.8) is 0 Å². The number of hydrogen-bond acceptors (Lipinski definition) is 3. The van der Waals surface area contributed by atoms with Crippen LogP contribution < -0.4 is 11.1 Å².